The lowest BCUT2D eigenvalue weighted by Crippen LogP contribution is -2.29. The van der Waals surface area contributed by atoms with Crippen LogP contribution in [0.5, 0.6) is 0 Å². The second kappa shape index (κ2) is 5.42. The van der Waals surface area contributed by atoms with Crippen LogP contribution in [-0.2, 0) is 4.79 Å². The van der Waals surface area contributed by atoms with E-state index < -0.39 is 0 Å². The summed E-state index contributed by atoms with van der Waals surface area (Å²) < 4.78 is 0. The highest BCUT2D eigenvalue weighted by Gasteiger charge is 2.05. The van der Waals surface area contributed by atoms with Crippen molar-refractivity contribution in [3.05, 3.63) is 0 Å². The first-order valence-electron chi connectivity index (χ1n) is 3.95. The van der Waals surface area contributed by atoms with Gasteiger partial charge in [0.05, 0.1) is 0 Å². The third-order valence-electron chi connectivity index (χ3n) is 1.37. The van der Waals surface area contributed by atoms with Crippen molar-refractivity contribution in [3.63, 3.8) is 0 Å². The molecule has 0 radical (unpaired) electrons. The Morgan fingerprint density at radius 1 is 1.45 bits per heavy atom. The van der Waals surface area contributed by atoms with E-state index in [0.29, 0.717) is 6.54 Å². The van der Waals surface area contributed by atoms with Crippen molar-refractivity contribution < 1.29 is 4.79 Å². The van der Waals surface area contributed by atoms with Crippen molar-refractivity contribution in [2.24, 2.45) is 5.92 Å². The van der Waals surface area contributed by atoms with Crippen molar-refractivity contribution in [1.29, 1.82) is 0 Å². The molecule has 0 aromatic carbocycles. The van der Waals surface area contributed by atoms with Crippen LogP contribution in [0.3, 0.4) is 0 Å². The van der Waals surface area contributed by atoms with Gasteiger partial charge >= 0.3 is 0 Å². The van der Waals surface area contributed by atoms with Crippen molar-refractivity contribution in [2.45, 2.75) is 32.6 Å². The second-order valence-corrected chi connectivity index (χ2v) is 3.76. The molecule has 0 fully saturated rings. The van der Waals surface area contributed by atoms with E-state index in [1.807, 2.05) is 20.8 Å². The van der Waals surface area contributed by atoms with Crippen LogP contribution >= 0.6 is 11.6 Å². The molecule has 0 aromatic rings. The maximum absolute atomic E-state index is 11.0. The number of amides is 1. The molecule has 0 saturated heterocycles. The van der Waals surface area contributed by atoms with E-state index in [2.05, 4.69) is 5.32 Å². The molecule has 1 amide bonds. The van der Waals surface area contributed by atoms with Crippen molar-refractivity contribution in [3.8, 4) is 0 Å². The van der Waals surface area contributed by atoms with Gasteiger partial charge < -0.3 is 5.32 Å². The lowest BCUT2D eigenvalue weighted by Gasteiger charge is -2.07. The van der Waals surface area contributed by atoms with Crippen LogP contribution in [-0.4, -0.2) is 17.8 Å². The summed E-state index contributed by atoms with van der Waals surface area (Å²) in [5, 5.41) is 2.93. The monoisotopic (exact) mass is 177 g/mol. The Labute approximate surface area is 73.3 Å². The summed E-state index contributed by atoms with van der Waals surface area (Å²) in [6, 6.07) is 0. The van der Waals surface area contributed by atoms with Crippen LogP contribution in [0.1, 0.15) is 27.2 Å². The zero-order valence-corrected chi connectivity index (χ0v) is 8.11. The van der Waals surface area contributed by atoms with Gasteiger partial charge in [-0.05, 0) is 13.3 Å². The van der Waals surface area contributed by atoms with Gasteiger partial charge in [-0.15, -0.1) is 11.6 Å². The lowest BCUT2D eigenvalue weighted by atomic mass is 10.2. The maximum Gasteiger partial charge on any atom is 0.222 e. The van der Waals surface area contributed by atoms with E-state index in [4.69, 9.17) is 11.6 Å². The van der Waals surface area contributed by atoms with Gasteiger partial charge in [0.1, 0.15) is 0 Å². The molecule has 0 heterocycles. The molecule has 3 heteroatoms. The number of rotatable bonds is 4. The molecule has 1 unspecified atom stereocenters. The van der Waals surface area contributed by atoms with Crippen LogP contribution in [0, 0.1) is 5.92 Å². The Bertz CT molecular complexity index is 123. The van der Waals surface area contributed by atoms with Gasteiger partial charge in [0.15, 0.2) is 0 Å². The highest BCUT2D eigenvalue weighted by Crippen LogP contribution is 1.98. The summed E-state index contributed by atoms with van der Waals surface area (Å²) >= 11 is 5.69. The third kappa shape index (κ3) is 6.17. The number of carbonyl (C=O) groups is 1. The van der Waals surface area contributed by atoms with E-state index in [0.717, 1.165) is 6.42 Å². The predicted octanol–water partition coefficient (Wildman–Crippen LogP) is 1.78. The van der Waals surface area contributed by atoms with Crippen LogP contribution < -0.4 is 5.32 Å². The number of alkyl halides is 1. The second-order valence-electron chi connectivity index (χ2n) is 3.02. The van der Waals surface area contributed by atoms with Gasteiger partial charge in [0.2, 0.25) is 5.91 Å². The smallest absolute Gasteiger partial charge is 0.222 e. The SMILES string of the molecule is CC(Cl)CCNC(=O)C(C)C. The Hall–Kier alpha value is -0.240. The number of hydrogen-bond acceptors (Lipinski definition) is 1. The predicted molar refractivity (Wildman–Crippen MR) is 47.8 cm³/mol. The van der Waals surface area contributed by atoms with Crippen molar-refractivity contribution in [2.75, 3.05) is 6.54 Å². The molecular weight excluding hydrogens is 162 g/mol. The maximum atomic E-state index is 11.0. The topological polar surface area (TPSA) is 29.1 Å². The number of hydrogen-bond donors (Lipinski definition) is 1. The molecule has 11 heavy (non-hydrogen) atoms. The highest BCUT2D eigenvalue weighted by atomic mass is 35.5. The Balaban J connectivity index is 3.32. The van der Waals surface area contributed by atoms with E-state index in [1.54, 1.807) is 0 Å². The van der Waals surface area contributed by atoms with E-state index in [-0.39, 0.29) is 17.2 Å². The van der Waals surface area contributed by atoms with Crippen molar-refractivity contribution in [1.82, 2.24) is 5.32 Å². The average Bonchev–Trinajstić information content (AvgIpc) is 1.86. The summed E-state index contributed by atoms with van der Waals surface area (Å²) in [6.45, 7) is 6.35. The Morgan fingerprint density at radius 3 is 2.36 bits per heavy atom. The standard InChI is InChI=1S/C8H16ClNO/c1-6(2)8(11)10-5-4-7(3)9/h6-7H,4-5H2,1-3H3,(H,10,11). The molecule has 0 rings (SSSR count). The van der Waals surface area contributed by atoms with Crippen LogP contribution in [0.25, 0.3) is 0 Å². The normalized spacial score (nSPS) is 13.2. The van der Waals surface area contributed by atoms with Crippen LogP contribution in [0.15, 0.2) is 0 Å². The fourth-order valence-corrected chi connectivity index (χ4v) is 0.707. The summed E-state index contributed by atoms with van der Waals surface area (Å²) in [5.74, 6) is 0.169. The lowest BCUT2D eigenvalue weighted by molar-refractivity contribution is -0.123. The molecule has 0 aliphatic carbocycles. The van der Waals surface area contributed by atoms with Gasteiger partial charge in [-0.1, -0.05) is 13.8 Å². The zero-order valence-electron chi connectivity index (χ0n) is 7.36. The molecule has 2 nitrogen and oxygen atoms in total. The highest BCUT2D eigenvalue weighted by molar-refractivity contribution is 6.20. The van der Waals surface area contributed by atoms with Crippen LogP contribution in [0.4, 0.5) is 0 Å². The molecular formula is C8H16ClNO. The Morgan fingerprint density at radius 2 is 2.00 bits per heavy atom. The average molecular weight is 178 g/mol. The van der Waals surface area contributed by atoms with Gasteiger partial charge in [0, 0.05) is 17.8 Å². The molecule has 0 bridgehead atoms. The Kier molecular flexibility index (Phi) is 5.30. The number of nitrogens with one attached hydrogen (secondary N) is 1. The van der Waals surface area contributed by atoms with Gasteiger partial charge in [0.25, 0.3) is 0 Å². The van der Waals surface area contributed by atoms with Gasteiger partial charge in [-0.2, -0.15) is 0 Å². The number of halogens is 1. The summed E-state index contributed by atoms with van der Waals surface area (Å²) in [7, 11) is 0. The molecule has 0 spiro atoms. The third-order valence-corrected chi connectivity index (χ3v) is 1.58. The molecule has 66 valence electrons. The zero-order chi connectivity index (χ0) is 8.85. The first kappa shape index (κ1) is 10.8. The first-order chi connectivity index (χ1) is 5.04. The van der Waals surface area contributed by atoms with E-state index in [9.17, 15) is 4.79 Å². The van der Waals surface area contributed by atoms with Gasteiger partial charge in [-0.25, -0.2) is 0 Å². The molecule has 0 aromatic heterocycles. The minimum absolute atomic E-state index is 0.0700. The molecule has 0 aliphatic heterocycles. The first-order valence-corrected chi connectivity index (χ1v) is 4.39. The fourth-order valence-electron chi connectivity index (χ4n) is 0.598. The van der Waals surface area contributed by atoms with Crippen LogP contribution in [0.2, 0.25) is 0 Å². The summed E-state index contributed by atoms with van der Waals surface area (Å²) in [5.41, 5.74) is 0. The van der Waals surface area contributed by atoms with Gasteiger partial charge in [-0.3, -0.25) is 4.79 Å². The minimum Gasteiger partial charge on any atom is -0.356 e. The largest absolute Gasteiger partial charge is 0.356 e. The van der Waals surface area contributed by atoms with E-state index in [1.165, 1.54) is 0 Å². The summed E-state index contributed by atoms with van der Waals surface area (Å²) in [4.78, 5) is 11.0. The van der Waals surface area contributed by atoms with Crippen molar-refractivity contribution >= 4 is 17.5 Å². The quantitative estimate of drug-likeness (QED) is 0.652. The molecule has 1 atom stereocenters. The summed E-state index contributed by atoms with van der Waals surface area (Å²) in [6.07, 6.45) is 0.833. The molecule has 0 saturated carbocycles. The number of carbonyl (C=O) groups excluding carboxylic acids is 1. The minimum atomic E-state index is 0.0700. The van der Waals surface area contributed by atoms with E-state index >= 15 is 0 Å². The molecule has 0 aliphatic rings. The molecule has 1 N–H and O–H groups in total. The fraction of sp³-hybridized carbons (Fsp3) is 0.875.